The van der Waals surface area contributed by atoms with Crippen LogP contribution in [0.4, 0.5) is 5.82 Å². The minimum Gasteiger partial charge on any atom is -0.357 e. The molecule has 1 aliphatic rings. The number of aromatic nitrogens is 4. The van der Waals surface area contributed by atoms with Gasteiger partial charge in [0.2, 0.25) is 5.91 Å². The lowest BCUT2D eigenvalue weighted by molar-refractivity contribution is -0.134. The van der Waals surface area contributed by atoms with Crippen molar-refractivity contribution >= 4 is 17.4 Å². The van der Waals surface area contributed by atoms with Crippen molar-refractivity contribution in [3.63, 3.8) is 0 Å². The van der Waals surface area contributed by atoms with Gasteiger partial charge in [-0.3, -0.25) is 4.79 Å². The third-order valence-electron chi connectivity index (χ3n) is 4.13. The first kappa shape index (κ1) is 14.7. The summed E-state index contributed by atoms with van der Waals surface area (Å²) in [7, 11) is 0. The Morgan fingerprint density at radius 2 is 2.18 bits per heavy atom. The molecule has 1 amide bonds. The van der Waals surface area contributed by atoms with Gasteiger partial charge in [0.1, 0.15) is 17.7 Å². The van der Waals surface area contributed by atoms with Crippen molar-refractivity contribution < 1.29 is 4.79 Å². The monoisotopic (exact) mass is 302 g/mol. The molecule has 0 bridgehead atoms. The fourth-order valence-corrected chi connectivity index (χ4v) is 2.92. The number of aryl methyl sites for hydroxylation is 1. The van der Waals surface area contributed by atoms with Crippen LogP contribution in [0.25, 0.3) is 5.65 Å². The molecular weight excluding hydrogens is 280 g/mol. The number of fused-ring (bicyclic) bond motifs is 1. The number of hydrogen-bond donors (Lipinski definition) is 1. The highest BCUT2D eigenvalue weighted by Crippen LogP contribution is 2.18. The number of likely N-dealkylation sites (tertiary alicyclic amines) is 1. The van der Waals surface area contributed by atoms with Gasteiger partial charge in [-0.1, -0.05) is 0 Å². The van der Waals surface area contributed by atoms with Gasteiger partial charge < -0.3 is 10.2 Å². The average Bonchev–Trinajstić information content (AvgIpc) is 2.86. The second-order valence-electron chi connectivity index (χ2n) is 5.97. The lowest BCUT2D eigenvalue weighted by Crippen LogP contribution is -2.48. The van der Waals surface area contributed by atoms with Gasteiger partial charge in [-0.05, 0) is 52.2 Å². The van der Waals surface area contributed by atoms with Crippen molar-refractivity contribution in [2.75, 3.05) is 11.9 Å². The molecule has 0 radical (unpaired) electrons. The fourth-order valence-electron chi connectivity index (χ4n) is 2.92. The van der Waals surface area contributed by atoms with Gasteiger partial charge in [-0.15, -0.1) is 14.8 Å². The summed E-state index contributed by atoms with van der Waals surface area (Å²) in [6.45, 7) is 6.67. The topological polar surface area (TPSA) is 75.4 Å². The van der Waals surface area contributed by atoms with Gasteiger partial charge in [0, 0.05) is 12.6 Å². The molecule has 1 fully saturated rings. The van der Waals surface area contributed by atoms with E-state index in [0.29, 0.717) is 23.3 Å². The lowest BCUT2D eigenvalue weighted by Gasteiger charge is -2.35. The van der Waals surface area contributed by atoms with Crippen LogP contribution in [0.3, 0.4) is 0 Å². The zero-order valence-electron chi connectivity index (χ0n) is 13.3. The molecule has 2 atom stereocenters. The Labute approximate surface area is 129 Å². The standard InChI is InChI=1S/C15H22N6O/c1-10-6-4-5-9-20(10)15(22)11(2)16-13-7-8-14-17-12(3)18-21(14)19-13/h7-8,10-11H,4-6,9H2,1-3H3,(H,16,19). The zero-order valence-corrected chi connectivity index (χ0v) is 13.3. The SMILES string of the molecule is Cc1nc2ccc(NC(C)C(=O)N3CCCCC3C)nn2n1. The molecule has 118 valence electrons. The predicted octanol–water partition coefficient (Wildman–Crippen LogP) is 1.63. The highest BCUT2D eigenvalue weighted by molar-refractivity contribution is 5.84. The predicted molar refractivity (Wildman–Crippen MR) is 83.6 cm³/mol. The molecule has 3 rings (SSSR count). The average molecular weight is 302 g/mol. The molecule has 1 aliphatic heterocycles. The number of carbonyl (C=O) groups is 1. The number of hydrogen-bond acceptors (Lipinski definition) is 5. The van der Waals surface area contributed by atoms with Crippen LogP contribution in [0.5, 0.6) is 0 Å². The Hall–Kier alpha value is -2.18. The molecule has 7 heteroatoms. The van der Waals surface area contributed by atoms with Gasteiger partial charge in [0.05, 0.1) is 0 Å². The van der Waals surface area contributed by atoms with Crippen LogP contribution in [0.2, 0.25) is 0 Å². The number of piperidine rings is 1. The number of nitrogens with one attached hydrogen (secondary N) is 1. The number of amides is 1. The Morgan fingerprint density at radius 1 is 1.36 bits per heavy atom. The molecule has 1 N–H and O–H groups in total. The van der Waals surface area contributed by atoms with Gasteiger partial charge >= 0.3 is 0 Å². The van der Waals surface area contributed by atoms with Crippen molar-refractivity contribution in [1.29, 1.82) is 0 Å². The molecule has 2 unspecified atom stereocenters. The highest BCUT2D eigenvalue weighted by atomic mass is 16.2. The van der Waals surface area contributed by atoms with Crippen molar-refractivity contribution in [3.8, 4) is 0 Å². The van der Waals surface area contributed by atoms with Crippen LogP contribution in [0.1, 0.15) is 38.9 Å². The molecule has 3 heterocycles. The summed E-state index contributed by atoms with van der Waals surface area (Å²) in [6, 6.07) is 3.68. The first-order valence-electron chi connectivity index (χ1n) is 7.82. The number of carbonyl (C=O) groups excluding carboxylic acids is 1. The van der Waals surface area contributed by atoms with Crippen LogP contribution in [-0.4, -0.2) is 49.2 Å². The van der Waals surface area contributed by atoms with Crippen LogP contribution < -0.4 is 5.32 Å². The third-order valence-corrected chi connectivity index (χ3v) is 4.13. The maximum Gasteiger partial charge on any atom is 0.245 e. The van der Waals surface area contributed by atoms with E-state index >= 15 is 0 Å². The molecular formula is C15H22N6O. The summed E-state index contributed by atoms with van der Waals surface area (Å²) >= 11 is 0. The van der Waals surface area contributed by atoms with Crippen molar-refractivity contribution in [2.24, 2.45) is 0 Å². The summed E-state index contributed by atoms with van der Waals surface area (Å²) in [4.78, 5) is 18.8. The Morgan fingerprint density at radius 3 is 2.95 bits per heavy atom. The van der Waals surface area contributed by atoms with Gasteiger partial charge in [0.15, 0.2) is 5.65 Å². The summed E-state index contributed by atoms with van der Waals surface area (Å²) in [5.74, 6) is 1.43. The van der Waals surface area contributed by atoms with Gasteiger partial charge in [-0.25, -0.2) is 4.98 Å². The molecule has 2 aromatic rings. The second-order valence-corrected chi connectivity index (χ2v) is 5.97. The van der Waals surface area contributed by atoms with E-state index in [-0.39, 0.29) is 11.9 Å². The number of rotatable bonds is 3. The van der Waals surface area contributed by atoms with Crippen LogP contribution in [-0.2, 0) is 4.79 Å². The Bertz CT molecular complexity index is 682. The Balaban J connectivity index is 1.71. The van der Waals surface area contributed by atoms with Gasteiger partial charge in [0.25, 0.3) is 0 Å². The molecule has 7 nitrogen and oxygen atoms in total. The highest BCUT2D eigenvalue weighted by Gasteiger charge is 2.27. The first-order valence-corrected chi connectivity index (χ1v) is 7.82. The van der Waals surface area contributed by atoms with Crippen molar-refractivity contribution in [1.82, 2.24) is 24.7 Å². The zero-order chi connectivity index (χ0) is 15.7. The van der Waals surface area contributed by atoms with E-state index in [4.69, 9.17) is 0 Å². The largest absolute Gasteiger partial charge is 0.357 e. The lowest BCUT2D eigenvalue weighted by atomic mass is 10.0. The van der Waals surface area contributed by atoms with E-state index in [2.05, 4.69) is 27.4 Å². The molecule has 0 saturated carbocycles. The minimum atomic E-state index is -0.310. The smallest absolute Gasteiger partial charge is 0.245 e. The summed E-state index contributed by atoms with van der Waals surface area (Å²) in [6.07, 6.45) is 3.38. The Kier molecular flexibility index (Phi) is 3.96. The maximum atomic E-state index is 12.6. The maximum absolute atomic E-state index is 12.6. The normalized spacial score (nSPS) is 20.1. The van der Waals surface area contributed by atoms with Crippen LogP contribution in [0, 0.1) is 6.92 Å². The van der Waals surface area contributed by atoms with E-state index in [1.165, 1.54) is 11.1 Å². The van der Waals surface area contributed by atoms with Crippen molar-refractivity contribution in [3.05, 3.63) is 18.0 Å². The first-order chi connectivity index (χ1) is 10.5. The molecule has 1 saturated heterocycles. The van der Waals surface area contributed by atoms with E-state index in [0.717, 1.165) is 19.4 Å². The fraction of sp³-hybridized carbons (Fsp3) is 0.600. The van der Waals surface area contributed by atoms with E-state index in [9.17, 15) is 4.79 Å². The molecule has 0 aliphatic carbocycles. The van der Waals surface area contributed by atoms with Crippen LogP contribution in [0.15, 0.2) is 12.1 Å². The summed E-state index contributed by atoms with van der Waals surface area (Å²) in [5, 5.41) is 11.7. The minimum absolute atomic E-state index is 0.129. The number of anilines is 1. The molecule has 22 heavy (non-hydrogen) atoms. The van der Waals surface area contributed by atoms with Gasteiger partial charge in [-0.2, -0.15) is 0 Å². The van der Waals surface area contributed by atoms with Crippen LogP contribution >= 0.6 is 0 Å². The molecule has 0 aromatic carbocycles. The van der Waals surface area contributed by atoms with E-state index < -0.39 is 0 Å². The van der Waals surface area contributed by atoms with E-state index in [1.54, 1.807) is 0 Å². The summed E-state index contributed by atoms with van der Waals surface area (Å²) < 4.78 is 1.48. The van der Waals surface area contributed by atoms with Crippen molar-refractivity contribution in [2.45, 2.75) is 52.1 Å². The second kappa shape index (κ2) is 5.90. The van der Waals surface area contributed by atoms with E-state index in [1.807, 2.05) is 30.9 Å². The summed E-state index contributed by atoms with van der Waals surface area (Å²) in [5.41, 5.74) is 0.701. The molecule has 0 spiro atoms. The molecule has 2 aromatic heterocycles. The quantitative estimate of drug-likeness (QED) is 0.932. The third kappa shape index (κ3) is 2.88. The number of nitrogens with zero attached hydrogens (tertiary/aromatic N) is 5.